The van der Waals surface area contributed by atoms with Crippen LogP contribution in [0.25, 0.3) is 5.69 Å². The van der Waals surface area contributed by atoms with Crippen molar-refractivity contribution in [3.63, 3.8) is 0 Å². The second kappa shape index (κ2) is 6.42. The number of halogens is 1. The molecule has 0 amide bonds. The van der Waals surface area contributed by atoms with Crippen LogP contribution in [0.15, 0.2) is 59.8 Å². The van der Waals surface area contributed by atoms with E-state index in [1.54, 1.807) is 12.1 Å². The fourth-order valence-electron chi connectivity index (χ4n) is 2.15. The standard InChI is InChI=1S/C16H14ClN3OS/c1-11(21-14-9-7-12(17)8-10-14)15-18-19-16(22)20(15)13-5-3-2-4-6-13/h2-11H,1H3,(H,19,22). The maximum atomic E-state index is 5.91. The summed E-state index contributed by atoms with van der Waals surface area (Å²) in [6.07, 6.45) is -0.283. The molecule has 0 bridgehead atoms. The van der Waals surface area contributed by atoms with Crippen LogP contribution in [0.1, 0.15) is 18.9 Å². The Labute approximate surface area is 139 Å². The summed E-state index contributed by atoms with van der Waals surface area (Å²) in [5.41, 5.74) is 0.944. The summed E-state index contributed by atoms with van der Waals surface area (Å²) in [6.45, 7) is 1.92. The van der Waals surface area contributed by atoms with Crippen LogP contribution in [0, 0.1) is 0 Å². The van der Waals surface area contributed by atoms with Gasteiger partial charge in [0.2, 0.25) is 0 Å². The number of rotatable bonds is 4. The molecule has 6 heteroatoms. The first-order valence-electron chi connectivity index (χ1n) is 6.77. The second-order valence-corrected chi connectivity index (χ2v) is 5.58. The first-order chi connectivity index (χ1) is 10.6. The highest BCUT2D eigenvalue weighted by molar-refractivity contribution is 7.80. The number of ether oxygens (including phenoxy) is 1. The van der Waals surface area contributed by atoms with Crippen LogP contribution in [0.4, 0.5) is 0 Å². The number of hydrogen-bond donors (Lipinski definition) is 1. The van der Waals surface area contributed by atoms with Gasteiger partial charge in [-0.2, -0.15) is 0 Å². The Morgan fingerprint density at radius 2 is 1.73 bits per heavy atom. The molecule has 4 nitrogen and oxygen atoms in total. The number of nitrogens with zero attached hydrogens (tertiary/aromatic N) is 3. The van der Waals surface area contributed by atoms with Gasteiger partial charge in [-0.05, 0) is 43.3 Å². The number of hydrogen-bond acceptors (Lipinski definition) is 4. The van der Waals surface area contributed by atoms with E-state index in [-0.39, 0.29) is 6.10 Å². The molecule has 0 fully saturated rings. The van der Waals surface area contributed by atoms with Crippen LogP contribution in [-0.4, -0.2) is 14.8 Å². The van der Waals surface area contributed by atoms with Crippen molar-refractivity contribution >= 4 is 24.2 Å². The highest BCUT2D eigenvalue weighted by atomic mass is 35.5. The largest absolute Gasteiger partial charge is 0.483 e. The summed E-state index contributed by atoms with van der Waals surface area (Å²) >= 11 is 10.3. The van der Waals surface area contributed by atoms with E-state index in [4.69, 9.17) is 16.3 Å². The van der Waals surface area contributed by atoms with Crippen LogP contribution < -0.4 is 4.74 Å². The number of thiol groups is 1. The molecule has 1 atom stereocenters. The van der Waals surface area contributed by atoms with Gasteiger partial charge in [0.25, 0.3) is 0 Å². The minimum absolute atomic E-state index is 0.283. The Bertz CT molecular complexity index is 759. The van der Waals surface area contributed by atoms with Crippen LogP contribution in [0.2, 0.25) is 5.02 Å². The summed E-state index contributed by atoms with van der Waals surface area (Å²) in [5.74, 6) is 1.41. The lowest BCUT2D eigenvalue weighted by Gasteiger charge is -2.16. The Hall–Kier alpha value is -1.98. The van der Waals surface area contributed by atoms with Gasteiger partial charge in [-0.15, -0.1) is 22.8 Å². The van der Waals surface area contributed by atoms with Crippen molar-refractivity contribution in [2.45, 2.75) is 18.2 Å². The van der Waals surface area contributed by atoms with E-state index in [0.29, 0.717) is 16.0 Å². The molecule has 0 radical (unpaired) electrons. The molecule has 0 saturated heterocycles. The summed E-state index contributed by atoms with van der Waals surface area (Å²) in [5, 5.41) is 9.43. The summed E-state index contributed by atoms with van der Waals surface area (Å²) < 4.78 is 7.78. The molecule has 0 saturated carbocycles. The third kappa shape index (κ3) is 3.10. The Morgan fingerprint density at radius 1 is 1.05 bits per heavy atom. The fourth-order valence-corrected chi connectivity index (χ4v) is 2.53. The average molecular weight is 332 g/mol. The van der Waals surface area contributed by atoms with E-state index in [2.05, 4.69) is 22.8 Å². The third-order valence-corrected chi connectivity index (χ3v) is 3.72. The molecule has 3 aromatic rings. The van der Waals surface area contributed by atoms with E-state index < -0.39 is 0 Å². The van der Waals surface area contributed by atoms with Gasteiger partial charge in [-0.25, -0.2) is 0 Å². The zero-order valence-electron chi connectivity index (χ0n) is 11.8. The summed E-state index contributed by atoms with van der Waals surface area (Å²) in [4.78, 5) is 0. The van der Waals surface area contributed by atoms with Gasteiger partial charge in [0.1, 0.15) is 5.75 Å². The quantitative estimate of drug-likeness (QED) is 0.722. The molecule has 0 spiro atoms. The van der Waals surface area contributed by atoms with Crippen LogP contribution in [-0.2, 0) is 0 Å². The monoisotopic (exact) mass is 331 g/mol. The molecule has 0 aliphatic carbocycles. The average Bonchev–Trinajstić information content (AvgIpc) is 2.92. The highest BCUT2D eigenvalue weighted by Gasteiger charge is 2.19. The predicted octanol–water partition coefficient (Wildman–Crippen LogP) is 4.35. The van der Waals surface area contributed by atoms with E-state index in [1.165, 1.54) is 0 Å². The van der Waals surface area contributed by atoms with E-state index >= 15 is 0 Å². The fraction of sp³-hybridized carbons (Fsp3) is 0.125. The van der Waals surface area contributed by atoms with E-state index in [0.717, 1.165) is 11.4 Å². The minimum Gasteiger partial charge on any atom is -0.483 e. The number of benzene rings is 2. The molecule has 0 N–H and O–H groups in total. The molecule has 2 aromatic carbocycles. The minimum atomic E-state index is -0.283. The molecule has 112 valence electrons. The van der Waals surface area contributed by atoms with Crippen molar-refractivity contribution < 1.29 is 4.74 Å². The maximum Gasteiger partial charge on any atom is 0.192 e. The lowest BCUT2D eigenvalue weighted by atomic mass is 10.3. The Kier molecular flexibility index (Phi) is 4.36. The van der Waals surface area contributed by atoms with Gasteiger partial charge < -0.3 is 4.74 Å². The summed E-state index contributed by atoms with van der Waals surface area (Å²) in [6, 6.07) is 17.0. The number of para-hydroxylation sites is 1. The van der Waals surface area contributed by atoms with Gasteiger partial charge in [-0.3, -0.25) is 4.57 Å². The predicted molar refractivity (Wildman–Crippen MR) is 89.1 cm³/mol. The lowest BCUT2D eigenvalue weighted by Crippen LogP contribution is -2.11. The van der Waals surface area contributed by atoms with Crippen molar-refractivity contribution in [3.05, 3.63) is 65.4 Å². The molecule has 1 heterocycles. The first-order valence-corrected chi connectivity index (χ1v) is 7.59. The van der Waals surface area contributed by atoms with Crippen molar-refractivity contribution in [2.24, 2.45) is 0 Å². The van der Waals surface area contributed by atoms with Gasteiger partial charge in [-0.1, -0.05) is 29.8 Å². The second-order valence-electron chi connectivity index (χ2n) is 4.74. The maximum absolute atomic E-state index is 5.91. The topological polar surface area (TPSA) is 39.9 Å². The molecule has 1 unspecified atom stereocenters. The third-order valence-electron chi connectivity index (χ3n) is 3.18. The van der Waals surface area contributed by atoms with Gasteiger partial charge in [0, 0.05) is 10.7 Å². The Morgan fingerprint density at radius 3 is 2.41 bits per heavy atom. The molecule has 22 heavy (non-hydrogen) atoms. The Balaban J connectivity index is 1.90. The van der Waals surface area contributed by atoms with Crippen LogP contribution in [0.5, 0.6) is 5.75 Å². The highest BCUT2D eigenvalue weighted by Crippen LogP contribution is 2.25. The van der Waals surface area contributed by atoms with Crippen LogP contribution >= 0.6 is 24.2 Å². The summed E-state index contributed by atoms with van der Waals surface area (Å²) in [7, 11) is 0. The van der Waals surface area contributed by atoms with Crippen LogP contribution in [0.3, 0.4) is 0 Å². The van der Waals surface area contributed by atoms with Gasteiger partial charge in [0.15, 0.2) is 17.1 Å². The molecule has 3 rings (SSSR count). The normalized spacial score (nSPS) is 12.1. The zero-order valence-corrected chi connectivity index (χ0v) is 13.5. The smallest absolute Gasteiger partial charge is 0.192 e. The van der Waals surface area contributed by atoms with Crippen molar-refractivity contribution in [1.29, 1.82) is 0 Å². The lowest BCUT2D eigenvalue weighted by molar-refractivity contribution is 0.213. The first kappa shape index (κ1) is 14.9. The van der Waals surface area contributed by atoms with Gasteiger partial charge >= 0.3 is 0 Å². The SMILES string of the molecule is CC(Oc1ccc(Cl)cc1)c1nnc(S)n1-c1ccccc1. The van der Waals surface area contributed by atoms with Gasteiger partial charge in [0.05, 0.1) is 0 Å². The molecular weight excluding hydrogens is 318 g/mol. The molecule has 0 aliphatic rings. The van der Waals surface area contributed by atoms with E-state index in [9.17, 15) is 0 Å². The molecular formula is C16H14ClN3OS. The van der Waals surface area contributed by atoms with E-state index in [1.807, 2.05) is 54.0 Å². The molecule has 1 aromatic heterocycles. The number of aromatic nitrogens is 3. The molecule has 0 aliphatic heterocycles. The van der Waals surface area contributed by atoms with Crippen molar-refractivity contribution in [2.75, 3.05) is 0 Å². The van der Waals surface area contributed by atoms with Crippen molar-refractivity contribution in [3.8, 4) is 11.4 Å². The van der Waals surface area contributed by atoms with Crippen molar-refractivity contribution in [1.82, 2.24) is 14.8 Å². The zero-order chi connectivity index (χ0) is 15.5.